The summed E-state index contributed by atoms with van der Waals surface area (Å²) < 4.78 is 0. The minimum atomic E-state index is -0.0886. The van der Waals surface area contributed by atoms with Gasteiger partial charge in [0.15, 0.2) is 0 Å². The fourth-order valence-electron chi connectivity index (χ4n) is 11.7. The monoisotopic (exact) mass is 1450 g/mol. The van der Waals surface area contributed by atoms with Crippen molar-refractivity contribution in [3.63, 3.8) is 0 Å². The van der Waals surface area contributed by atoms with E-state index >= 15 is 0 Å². The summed E-state index contributed by atoms with van der Waals surface area (Å²) in [4.78, 5) is 33.8. The van der Waals surface area contributed by atoms with Crippen LogP contribution in [-0.4, -0.2) is 63.8 Å². The van der Waals surface area contributed by atoms with Gasteiger partial charge in [-0.25, -0.2) is 0 Å². The maximum atomic E-state index is 11.9. The molecule has 0 aliphatic heterocycles. The van der Waals surface area contributed by atoms with Crippen molar-refractivity contribution in [2.45, 2.75) is 428 Å². The molecule has 0 saturated carbocycles. The molecule has 7 heteroatoms. The number of allylic oxidation sites excluding steroid dienone is 12. The van der Waals surface area contributed by atoms with Gasteiger partial charge in [0.1, 0.15) is 17.9 Å². The second kappa shape index (κ2) is 95.1. The summed E-state index contributed by atoms with van der Waals surface area (Å²) in [6.45, 7) is 40.7. The van der Waals surface area contributed by atoms with E-state index < -0.39 is 0 Å². The third kappa shape index (κ3) is 110. The Bertz CT molecular complexity index is 1770. The predicted molar refractivity (Wildman–Crippen MR) is 439 cm³/mol. The van der Waals surface area contributed by atoms with Crippen molar-refractivity contribution in [2.75, 3.05) is 6.61 Å². The first-order valence-electron chi connectivity index (χ1n) is 40.9. The smallest absolute Gasteiger partial charge is 1.00 e. The van der Waals surface area contributed by atoms with E-state index in [1.807, 2.05) is 24.3 Å². The first-order chi connectivity index (χ1) is 46.4. The van der Waals surface area contributed by atoms with Crippen LogP contribution in [0, 0.1) is 30.6 Å². The van der Waals surface area contributed by atoms with Crippen LogP contribution in [-0.2, 0) is 14.4 Å². The summed E-state index contributed by atoms with van der Waals surface area (Å²) in [7, 11) is 0. The molecule has 0 aromatic heterocycles. The fourth-order valence-corrected chi connectivity index (χ4v) is 11.7. The molecule has 1 rings (SSSR count). The molecule has 0 spiro atoms. The summed E-state index contributed by atoms with van der Waals surface area (Å²) in [6, 6.07) is 0. The Hall–Kier alpha value is -1.90. The third-order valence-corrected chi connectivity index (χ3v) is 18.1. The van der Waals surface area contributed by atoms with Gasteiger partial charge in [-0.05, 0) is 213 Å². The zero-order valence-electron chi connectivity index (χ0n) is 67.5. The number of carbonyl (C=O) groups excluding carboxylic acids is 3. The Morgan fingerprint density at radius 1 is 0.500 bits per heavy atom. The van der Waals surface area contributed by atoms with Crippen molar-refractivity contribution >= 4 is 40.9 Å². The third-order valence-electron chi connectivity index (χ3n) is 18.1. The minimum absolute atomic E-state index is 0. The van der Waals surface area contributed by atoms with Gasteiger partial charge in [-0.2, -0.15) is 6.42 Å². The van der Waals surface area contributed by atoms with Gasteiger partial charge in [-0.3, -0.25) is 9.59 Å². The number of aliphatic hydroxyl groups excluding tert-OH is 2. The molecule has 0 radical (unpaired) electrons. The number of rotatable bonds is 52. The Kier molecular flexibility index (Phi) is 106. The van der Waals surface area contributed by atoms with Crippen LogP contribution in [0.4, 0.5) is 0 Å². The van der Waals surface area contributed by atoms with Gasteiger partial charge >= 0.3 is 23.1 Å². The van der Waals surface area contributed by atoms with Crippen LogP contribution in [0.2, 0.25) is 0 Å². The number of hydrogen-bond acceptors (Lipinski definition) is 5. The Morgan fingerprint density at radius 2 is 0.867 bits per heavy atom. The molecule has 0 aromatic carbocycles. The molecule has 5 atom stereocenters. The fraction of sp³-hybridized carbons (Fsp3) is 0.780. The molecule has 0 amide bonds. The van der Waals surface area contributed by atoms with Crippen molar-refractivity contribution in [3.8, 4) is 0 Å². The average molecular weight is 1450 g/mol. The van der Waals surface area contributed by atoms with E-state index in [9.17, 15) is 19.5 Å². The van der Waals surface area contributed by atoms with Crippen LogP contribution in [0.3, 0.4) is 0 Å². The van der Waals surface area contributed by atoms with Crippen molar-refractivity contribution in [3.05, 3.63) is 105 Å². The largest absolute Gasteiger partial charge is 2.00 e. The van der Waals surface area contributed by atoms with E-state index in [2.05, 4.69) is 133 Å². The van der Waals surface area contributed by atoms with Crippen LogP contribution in [0.5, 0.6) is 0 Å². The molecule has 0 fully saturated rings. The Labute approximate surface area is 641 Å². The molecule has 0 aromatic rings. The normalized spacial score (nSPS) is 14.6. The summed E-state index contributed by atoms with van der Waals surface area (Å²) >= 11 is 0. The minimum Gasteiger partial charge on any atom is -1.00 e. The van der Waals surface area contributed by atoms with Gasteiger partial charge in [0.25, 0.3) is 0 Å². The number of carbonyl (C=O) groups is 3. The van der Waals surface area contributed by atoms with Gasteiger partial charge in [-0.15, -0.1) is 26.3 Å². The second-order valence-corrected chi connectivity index (χ2v) is 29.8. The molecule has 5 unspecified atom stereocenters. The van der Waals surface area contributed by atoms with Crippen molar-refractivity contribution in [1.29, 1.82) is 0 Å². The second-order valence-electron chi connectivity index (χ2n) is 29.8. The molecular formula is C91H169BrMgO5. The van der Waals surface area contributed by atoms with Gasteiger partial charge < -0.3 is 38.9 Å². The predicted octanol–water partition coefficient (Wildman–Crippen LogP) is 26.3. The van der Waals surface area contributed by atoms with Gasteiger partial charge in [-0.1, -0.05) is 266 Å². The number of unbranched alkanes of at least 4 members (excludes halogenated alkanes) is 28. The number of aldehydes is 1. The van der Waals surface area contributed by atoms with E-state index in [1.165, 1.54) is 241 Å². The average Bonchev–Trinajstić information content (AvgIpc) is 3.74. The molecular weight excluding hydrogens is 1280 g/mol. The zero-order valence-corrected chi connectivity index (χ0v) is 70.5. The number of aliphatic hydroxyl groups is 2. The molecule has 1 aliphatic rings. The Morgan fingerprint density at radius 3 is 1.29 bits per heavy atom. The molecule has 1 aliphatic carbocycles. The number of ketones is 2. The molecule has 98 heavy (non-hydrogen) atoms. The molecule has 5 nitrogen and oxygen atoms in total. The Balaban J connectivity index is -0.000000207. The van der Waals surface area contributed by atoms with Crippen LogP contribution in [0.15, 0.2) is 97.7 Å². The maximum absolute atomic E-state index is 11.9. The quantitative estimate of drug-likeness (QED) is 0.0208. The first kappa shape index (κ1) is 109. The topological polar surface area (TPSA) is 91.7 Å². The maximum Gasteiger partial charge on any atom is 2.00 e. The van der Waals surface area contributed by atoms with Gasteiger partial charge in [0.05, 0.1) is 6.10 Å². The zero-order chi connectivity index (χ0) is 72.4. The summed E-state index contributed by atoms with van der Waals surface area (Å²) in [6.07, 6.45) is 86.5. The number of Topliss-reactive ketones (excluding diaryl/α,β-unsaturated/α-hetero) is 2. The number of halogens is 1. The van der Waals surface area contributed by atoms with Crippen molar-refractivity contribution < 1.29 is 41.6 Å². The van der Waals surface area contributed by atoms with Crippen LogP contribution in [0.25, 0.3) is 0 Å². The number of hydrogen-bond donors (Lipinski definition) is 2. The van der Waals surface area contributed by atoms with E-state index in [0.29, 0.717) is 48.3 Å². The van der Waals surface area contributed by atoms with Gasteiger partial charge in [0, 0.05) is 38.7 Å². The van der Waals surface area contributed by atoms with Gasteiger partial charge in [0.2, 0.25) is 0 Å². The molecule has 572 valence electrons. The molecule has 2 N–H and O–H groups in total. The SMILES string of the molecule is C=CCCCCCCCCCC(=O)CC(C)CCC=C(C)C.C=CCCCCCCCCCC(O)CC(C)CCC=C(C)C.C=CCCCCCCCCCO.C=CCCCCCCCC[CH2-].CC(C)=CCCC(C)CC=O.CC1CC/C=C/CCCCCCCCCC(=O)C1.[Br-].[Mg+2]. The standard InChI is InChI=1S/C21H40O.C21H38O.C17H30O.C11H22O.C11H21.C10H18O.BrH.Mg/c2*1-5-6-7-8-9-10-11-12-13-17-21(22)18-20(4)16-14-15-19(2)3;1-16-13-11-9-7-5-3-2-4-6-8-10-12-14-17(18)15-16;1-2-3-4-5-6-7-8-9-10-11-12;1-3-5-7-9-11-10-8-6-4-2;1-9(2)5-4-6-10(3)7-8-11;;/h5,15,20-22H,1,6-14,16-18H2,2-4H3;5,15,20H,1,6-14,16-18H2,2-4H3;7,9,16H,2-6,8,10-15H2,1H3;2,12H,1,3-11H2;3H,1-2,4-11H2;5,8,10H,4,6-7H2,1-3H3;1H;/q;;;;-1;;;+2/p-1/b;;9-7+;;;;;. The first-order valence-corrected chi connectivity index (χ1v) is 40.9. The molecule has 0 heterocycles. The summed E-state index contributed by atoms with van der Waals surface area (Å²) in [5, 5.41) is 18.6. The van der Waals surface area contributed by atoms with E-state index in [4.69, 9.17) is 5.11 Å². The molecule has 0 bridgehead atoms. The summed E-state index contributed by atoms with van der Waals surface area (Å²) in [5.41, 5.74) is 4.14. The van der Waals surface area contributed by atoms with Crippen LogP contribution < -0.4 is 17.0 Å². The van der Waals surface area contributed by atoms with Crippen molar-refractivity contribution in [1.82, 2.24) is 0 Å². The van der Waals surface area contributed by atoms with E-state index in [-0.39, 0.29) is 46.1 Å². The van der Waals surface area contributed by atoms with Crippen LogP contribution >= 0.6 is 0 Å². The van der Waals surface area contributed by atoms with Crippen LogP contribution in [0.1, 0.15) is 422 Å². The van der Waals surface area contributed by atoms with E-state index in [0.717, 1.165) is 128 Å². The molecule has 0 saturated heterocycles. The van der Waals surface area contributed by atoms with Crippen molar-refractivity contribution in [2.24, 2.45) is 23.7 Å². The van der Waals surface area contributed by atoms with E-state index in [1.54, 1.807) is 0 Å². The summed E-state index contributed by atoms with van der Waals surface area (Å²) in [5.74, 6) is 3.23.